The Hall–Kier alpha value is -3.09. The molecule has 0 atom stereocenters. The van der Waals surface area contributed by atoms with Gasteiger partial charge in [-0.05, 0) is 35.2 Å². The number of hydrogen-bond donors (Lipinski definition) is 1. The summed E-state index contributed by atoms with van der Waals surface area (Å²) in [5.74, 6) is 0.526. The number of nitro groups is 1. The standard InChI is InChI=1S/C20H24N2O5/c1-20(2,3)14-5-7-15(8-6-14)27-12-11-21-19(23)17-13-16(26-4)9-10-18(17)22(24)25/h5-10,13H,11-12H2,1-4H3,(H,21,23). The molecular formula is C20H24N2O5. The Bertz CT molecular complexity index is 810. The highest BCUT2D eigenvalue weighted by atomic mass is 16.6. The van der Waals surface area contributed by atoms with E-state index in [9.17, 15) is 14.9 Å². The van der Waals surface area contributed by atoms with Crippen LogP contribution in [0, 0.1) is 10.1 Å². The van der Waals surface area contributed by atoms with Gasteiger partial charge >= 0.3 is 0 Å². The normalized spacial score (nSPS) is 11.0. The van der Waals surface area contributed by atoms with Gasteiger partial charge < -0.3 is 14.8 Å². The Morgan fingerprint density at radius 1 is 1.11 bits per heavy atom. The van der Waals surface area contributed by atoms with Gasteiger partial charge in [0.15, 0.2) is 0 Å². The molecule has 0 fully saturated rings. The van der Waals surface area contributed by atoms with Crippen LogP contribution in [0.5, 0.6) is 11.5 Å². The number of amides is 1. The third kappa shape index (κ3) is 5.44. The van der Waals surface area contributed by atoms with Crippen molar-refractivity contribution in [3.63, 3.8) is 0 Å². The topological polar surface area (TPSA) is 90.7 Å². The SMILES string of the molecule is COc1ccc([N+](=O)[O-])c(C(=O)NCCOc2ccc(C(C)(C)C)cc2)c1. The molecule has 0 saturated carbocycles. The largest absolute Gasteiger partial charge is 0.497 e. The van der Waals surface area contributed by atoms with Gasteiger partial charge in [-0.15, -0.1) is 0 Å². The fraction of sp³-hybridized carbons (Fsp3) is 0.350. The Kier molecular flexibility index (Phi) is 6.39. The van der Waals surface area contributed by atoms with Crippen molar-refractivity contribution in [3.8, 4) is 11.5 Å². The third-order valence-electron chi connectivity index (χ3n) is 4.02. The fourth-order valence-electron chi connectivity index (χ4n) is 2.46. The summed E-state index contributed by atoms with van der Waals surface area (Å²) in [6, 6.07) is 11.8. The molecule has 7 nitrogen and oxygen atoms in total. The quantitative estimate of drug-likeness (QED) is 0.454. The summed E-state index contributed by atoms with van der Waals surface area (Å²) in [4.78, 5) is 22.8. The first-order valence-corrected chi connectivity index (χ1v) is 8.56. The fourth-order valence-corrected chi connectivity index (χ4v) is 2.46. The molecule has 0 saturated heterocycles. The summed E-state index contributed by atoms with van der Waals surface area (Å²) in [6.45, 7) is 6.87. The highest BCUT2D eigenvalue weighted by Gasteiger charge is 2.20. The molecule has 0 spiro atoms. The van der Waals surface area contributed by atoms with Crippen molar-refractivity contribution >= 4 is 11.6 Å². The van der Waals surface area contributed by atoms with Crippen LogP contribution in [0.2, 0.25) is 0 Å². The Balaban J connectivity index is 1.92. The van der Waals surface area contributed by atoms with Gasteiger partial charge in [0.2, 0.25) is 0 Å². The Morgan fingerprint density at radius 3 is 2.30 bits per heavy atom. The average molecular weight is 372 g/mol. The van der Waals surface area contributed by atoms with Crippen LogP contribution in [0.3, 0.4) is 0 Å². The molecule has 2 aromatic rings. The molecule has 0 aliphatic heterocycles. The number of benzene rings is 2. The predicted molar refractivity (Wildman–Crippen MR) is 103 cm³/mol. The van der Waals surface area contributed by atoms with E-state index < -0.39 is 10.8 Å². The number of rotatable bonds is 7. The molecule has 2 rings (SSSR count). The second-order valence-electron chi connectivity index (χ2n) is 7.02. The maximum absolute atomic E-state index is 12.3. The highest BCUT2D eigenvalue weighted by Crippen LogP contribution is 2.25. The van der Waals surface area contributed by atoms with Crippen LogP contribution >= 0.6 is 0 Å². The second kappa shape index (κ2) is 8.53. The summed E-state index contributed by atoms with van der Waals surface area (Å²) < 4.78 is 10.6. The lowest BCUT2D eigenvalue weighted by atomic mass is 9.87. The van der Waals surface area contributed by atoms with Crippen LogP contribution in [0.25, 0.3) is 0 Å². The summed E-state index contributed by atoms with van der Waals surface area (Å²) in [6.07, 6.45) is 0. The van der Waals surface area contributed by atoms with E-state index in [0.29, 0.717) is 11.5 Å². The summed E-state index contributed by atoms with van der Waals surface area (Å²) in [5.41, 5.74) is 0.951. The third-order valence-corrected chi connectivity index (χ3v) is 4.02. The minimum Gasteiger partial charge on any atom is -0.497 e. The van der Waals surface area contributed by atoms with Gasteiger partial charge in [-0.3, -0.25) is 14.9 Å². The molecule has 1 N–H and O–H groups in total. The molecule has 1 amide bonds. The van der Waals surface area contributed by atoms with Gasteiger partial charge in [-0.1, -0.05) is 32.9 Å². The van der Waals surface area contributed by atoms with Gasteiger partial charge in [0.25, 0.3) is 11.6 Å². The zero-order chi connectivity index (χ0) is 20.0. The monoisotopic (exact) mass is 372 g/mol. The van der Waals surface area contributed by atoms with Crippen LogP contribution in [0.1, 0.15) is 36.7 Å². The molecule has 27 heavy (non-hydrogen) atoms. The van der Waals surface area contributed by atoms with E-state index in [-0.39, 0.29) is 29.8 Å². The van der Waals surface area contributed by atoms with E-state index in [1.165, 1.54) is 30.9 Å². The molecular weight excluding hydrogens is 348 g/mol. The second-order valence-corrected chi connectivity index (χ2v) is 7.02. The maximum atomic E-state index is 12.3. The molecule has 7 heteroatoms. The molecule has 0 aliphatic rings. The maximum Gasteiger partial charge on any atom is 0.282 e. The summed E-state index contributed by atoms with van der Waals surface area (Å²) in [5, 5.41) is 13.7. The van der Waals surface area contributed by atoms with E-state index in [4.69, 9.17) is 9.47 Å². The summed E-state index contributed by atoms with van der Waals surface area (Å²) >= 11 is 0. The van der Waals surface area contributed by atoms with Crippen LogP contribution in [0.4, 0.5) is 5.69 Å². The zero-order valence-electron chi connectivity index (χ0n) is 15.9. The van der Waals surface area contributed by atoms with Gasteiger partial charge in [-0.25, -0.2) is 0 Å². The zero-order valence-corrected chi connectivity index (χ0v) is 15.9. The average Bonchev–Trinajstić information content (AvgIpc) is 2.64. The number of carbonyl (C=O) groups is 1. The minimum absolute atomic E-state index is 0.0473. The molecule has 0 radical (unpaired) electrons. The van der Waals surface area contributed by atoms with Gasteiger partial charge in [-0.2, -0.15) is 0 Å². The predicted octanol–water partition coefficient (Wildman–Crippen LogP) is 3.71. The first kappa shape index (κ1) is 20.2. The van der Waals surface area contributed by atoms with Crippen molar-refractivity contribution in [2.75, 3.05) is 20.3 Å². The Morgan fingerprint density at radius 2 is 1.74 bits per heavy atom. The molecule has 2 aromatic carbocycles. The highest BCUT2D eigenvalue weighted by molar-refractivity contribution is 5.98. The van der Waals surface area contributed by atoms with Crippen molar-refractivity contribution in [2.24, 2.45) is 0 Å². The van der Waals surface area contributed by atoms with E-state index >= 15 is 0 Å². The first-order chi connectivity index (χ1) is 12.7. The van der Waals surface area contributed by atoms with E-state index in [2.05, 4.69) is 26.1 Å². The van der Waals surface area contributed by atoms with E-state index in [1.54, 1.807) is 0 Å². The van der Waals surface area contributed by atoms with Crippen LogP contribution in [-0.4, -0.2) is 31.1 Å². The molecule has 0 bridgehead atoms. The lowest BCUT2D eigenvalue weighted by Crippen LogP contribution is -2.28. The number of nitrogens with zero attached hydrogens (tertiary/aromatic N) is 1. The first-order valence-electron chi connectivity index (χ1n) is 8.56. The lowest BCUT2D eigenvalue weighted by molar-refractivity contribution is -0.385. The molecule has 0 heterocycles. The number of hydrogen-bond acceptors (Lipinski definition) is 5. The van der Waals surface area contributed by atoms with Crippen LogP contribution in [-0.2, 0) is 5.41 Å². The minimum atomic E-state index is -0.596. The van der Waals surface area contributed by atoms with Crippen molar-refractivity contribution < 1.29 is 19.2 Å². The number of nitrogens with one attached hydrogen (secondary N) is 1. The number of carbonyl (C=O) groups excluding carboxylic acids is 1. The van der Waals surface area contributed by atoms with Crippen molar-refractivity contribution in [2.45, 2.75) is 26.2 Å². The van der Waals surface area contributed by atoms with Crippen molar-refractivity contribution in [1.82, 2.24) is 5.32 Å². The van der Waals surface area contributed by atoms with Crippen LogP contribution < -0.4 is 14.8 Å². The molecule has 0 aliphatic carbocycles. The molecule has 0 unspecified atom stereocenters. The van der Waals surface area contributed by atoms with Gasteiger partial charge in [0.05, 0.1) is 18.6 Å². The lowest BCUT2D eigenvalue weighted by Gasteiger charge is -2.19. The van der Waals surface area contributed by atoms with E-state index in [1.807, 2.05) is 24.3 Å². The van der Waals surface area contributed by atoms with Gasteiger partial charge in [0.1, 0.15) is 23.7 Å². The Labute approximate surface area is 158 Å². The van der Waals surface area contributed by atoms with Gasteiger partial charge in [0, 0.05) is 6.07 Å². The number of nitro benzene ring substituents is 1. The smallest absolute Gasteiger partial charge is 0.282 e. The number of methoxy groups -OCH3 is 1. The van der Waals surface area contributed by atoms with E-state index in [0.717, 1.165) is 0 Å². The van der Waals surface area contributed by atoms with Crippen LogP contribution in [0.15, 0.2) is 42.5 Å². The number of ether oxygens (including phenoxy) is 2. The molecule has 0 aromatic heterocycles. The van der Waals surface area contributed by atoms with Crippen molar-refractivity contribution in [1.29, 1.82) is 0 Å². The summed E-state index contributed by atoms with van der Waals surface area (Å²) in [7, 11) is 1.43. The molecule has 144 valence electrons. The van der Waals surface area contributed by atoms with Crippen molar-refractivity contribution in [3.05, 3.63) is 63.7 Å².